The highest BCUT2D eigenvalue weighted by Gasteiger charge is 2.52. The molecule has 17 heavy (non-hydrogen) atoms. The van der Waals surface area contributed by atoms with Gasteiger partial charge >= 0.3 is 6.03 Å². The molecule has 2 rings (SSSR count). The van der Waals surface area contributed by atoms with Crippen molar-refractivity contribution in [3.8, 4) is 0 Å². The monoisotopic (exact) mass is 237 g/mol. The predicted molar refractivity (Wildman–Crippen MR) is 53.9 cm³/mol. The number of hydrogen-bond acceptors (Lipinski definition) is 3. The van der Waals surface area contributed by atoms with E-state index < -0.39 is 29.2 Å². The van der Waals surface area contributed by atoms with Crippen molar-refractivity contribution in [2.45, 2.75) is 5.54 Å². The molecule has 1 fully saturated rings. The Labute approximate surface area is 95.0 Å². The first-order chi connectivity index (χ1) is 7.96. The van der Waals surface area contributed by atoms with E-state index in [4.69, 9.17) is 5.73 Å². The Hall–Kier alpha value is -2.44. The molecule has 0 aliphatic carbocycles. The van der Waals surface area contributed by atoms with Crippen molar-refractivity contribution in [3.05, 3.63) is 35.6 Å². The molecule has 1 heterocycles. The smallest absolute Gasteiger partial charge is 0.323 e. The molecule has 1 atom stereocenters. The van der Waals surface area contributed by atoms with Crippen molar-refractivity contribution in [2.75, 3.05) is 0 Å². The number of rotatable bonds is 2. The number of nitrogens with one attached hydrogen (secondary N) is 2. The summed E-state index contributed by atoms with van der Waals surface area (Å²) in [5.41, 5.74) is 3.29. The fourth-order valence-corrected chi connectivity index (χ4v) is 1.67. The van der Waals surface area contributed by atoms with Gasteiger partial charge in [0.05, 0.1) is 0 Å². The molecular weight excluding hydrogens is 229 g/mol. The Kier molecular flexibility index (Phi) is 2.31. The van der Waals surface area contributed by atoms with Crippen LogP contribution in [0.2, 0.25) is 0 Å². The van der Waals surface area contributed by atoms with Crippen LogP contribution in [0, 0.1) is 5.82 Å². The molecule has 7 heteroatoms. The molecular formula is C10H8FN3O3. The van der Waals surface area contributed by atoms with Crippen LogP contribution in [0.1, 0.15) is 5.56 Å². The second-order valence-electron chi connectivity index (χ2n) is 3.53. The van der Waals surface area contributed by atoms with Crippen LogP contribution in [-0.2, 0) is 15.1 Å². The molecule has 1 aromatic carbocycles. The van der Waals surface area contributed by atoms with E-state index in [9.17, 15) is 18.8 Å². The lowest BCUT2D eigenvalue weighted by Gasteiger charge is -2.22. The zero-order valence-electron chi connectivity index (χ0n) is 8.49. The summed E-state index contributed by atoms with van der Waals surface area (Å²) in [6.07, 6.45) is 0. The number of carbonyl (C=O) groups excluding carboxylic acids is 3. The zero-order valence-corrected chi connectivity index (χ0v) is 8.49. The molecule has 1 unspecified atom stereocenters. The first kappa shape index (κ1) is 11.1. The highest BCUT2D eigenvalue weighted by molar-refractivity contribution is 6.20. The van der Waals surface area contributed by atoms with E-state index in [1.165, 1.54) is 12.1 Å². The highest BCUT2D eigenvalue weighted by atomic mass is 19.1. The fourth-order valence-electron chi connectivity index (χ4n) is 1.67. The van der Waals surface area contributed by atoms with E-state index in [1.54, 1.807) is 0 Å². The number of nitrogens with two attached hydrogens (primary N) is 1. The molecule has 1 aliphatic heterocycles. The lowest BCUT2D eigenvalue weighted by molar-refractivity contribution is -0.134. The standard InChI is InChI=1S/C10H8FN3O3/c11-6-3-1-5(2-4-6)10(7(12)15)8(16)13-9(17)14-10/h1-4H,(H2,12,15)(H2,13,14,16,17). The summed E-state index contributed by atoms with van der Waals surface area (Å²) in [6, 6.07) is 3.74. The van der Waals surface area contributed by atoms with Crippen molar-refractivity contribution >= 4 is 17.8 Å². The second-order valence-corrected chi connectivity index (χ2v) is 3.53. The molecule has 0 saturated carbocycles. The van der Waals surface area contributed by atoms with Crippen molar-refractivity contribution in [3.63, 3.8) is 0 Å². The average molecular weight is 237 g/mol. The summed E-state index contributed by atoms with van der Waals surface area (Å²) in [6.45, 7) is 0. The number of imide groups is 1. The molecule has 6 nitrogen and oxygen atoms in total. The van der Waals surface area contributed by atoms with Crippen LogP contribution < -0.4 is 16.4 Å². The van der Waals surface area contributed by atoms with E-state index in [0.717, 1.165) is 12.1 Å². The van der Waals surface area contributed by atoms with Crippen molar-refractivity contribution in [1.82, 2.24) is 10.6 Å². The van der Waals surface area contributed by atoms with Gasteiger partial charge in [0, 0.05) is 0 Å². The van der Waals surface area contributed by atoms with Gasteiger partial charge in [0.2, 0.25) is 5.54 Å². The second kappa shape index (κ2) is 3.55. The first-order valence-corrected chi connectivity index (χ1v) is 4.66. The number of hydrogen-bond donors (Lipinski definition) is 3. The Morgan fingerprint density at radius 3 is 2.24 bits per heavy atom. The third kappa shape index (κ3) is 1.52. The van der Waals surface area contributed by atoms with Gasteiger partial charge < -0.3 is 11.1 Å². The van der Waals surface area contributed by atoms with Gasteiger partial charge in [-0.3, -0.25) is 14.9 Å². The molecule has 4 N–H and O–H groups in total. The SMILES string of the molecule is NC(=O)C1(c2ccc(F)cc2)NC(=O)NC1=O. The van der Waals surface area contributed by atoms with E-state index in [0.29, 0.717) is 0 Å². The highest BCUT2D eigenvalue weighted by Crippen LogP contribution is 2.24. The average Bonchev–Trinajstić information content (AvgIpc) is 2.56. The molecule has 1 aliphatic rings. The largest absolute Gasteiger partial charge is 0.367 e. The van der Waals surface area contributed by atoms with E-state index in [1.807, 2.05) is 5.32 Å². The Bertz CT molecular complexity index is 514. The maximum atomic E-state index is 12.8. The normalized spacial score (nSPS) is 23.1. The lowest BCUT2D eigenvalue weighted by Crippen LogP contribution is -2.54. The van der Waals surface area contributed by atoms with Crippen LogP contribution in [0.4, 0.5) is 9.18 Å². The topological polar surface area (TPSA) is 101 Å². The molecule has 0 radical (unpaired) electrons. The molecule has 88 valence electrons. The fraction of sp³-hybridized carbons (Fsp3) is 0.100. The summed E-state index contributed by atoms with van der Waals surface area (Å²) >= 11 is 0. The number of benzene rings is 1. The van der Waals surface area contributed by atoms with Gasteiger partial charge in [-0.2, -0.15) is 0 Å². The summed E-state index contributed by atoms with van der Waals surface area (Å²) < 4.78 is 12.8. The van der Waals surface area contributed by atoms with Gasteiger partial charge in [0.15, 0.2) is 0 Å². The summed E-state index contributed by atoms with van der Waals surface area (Å²) in [5, 5.41) is 4.07. The van der Waals surface area contributed by atoms with Crippen molar-refractivity contribution < 1.29 is 18.8 Å². The predicted octanol–water partition coefficient (Wildman–Crippen LogP) is -0.654. The van der Waals surface area contributed by atoms with E-state index in [-0.39, 0.29) is 5.56 Å². The van der Waals surface area contributed by atoms with Gasteiger partial charge in [0.1, 0.15) is 5.82 Å². The number of amides is 4. The maximum absolute atomic E-state index is 12.8. The Morgan fingerprint density at radius 1 is 1.24 bits per heavy atom. The van der Waals surface area contributed by atoms with Crippen LogP contribution >= 0.6 is 0 Å². The van der Waals surface area contributed by atoms with Crippen LogP contribution in [0.25, 0.3) is 0 Å². The lowest BCUT2D eigenvalue weighted by atomic mass is 9.89. The maximum Gasteiger partial charge on any atom is 0.323 e. The third-order valence-electron chi connectivity index (χ3n) is 2.52. The van der Waals surface area contributed by atoms with Crippen LogP contribution in [-0.4, -0.2) is 17.8 Å². The van der Waals surface area contributed by atoms with Crippen LogP contribution in [0.3, 0.4) is 0 Å². The minimum Gasteiger partial charge on any atom is -0.367 e. The molecule has 4 amide bonds. The summed E-state index contributed by atoms with van der Waals surface area (Å²) in [7, 11) is 0. The van der Waals surface area contributed by atoms with Gasteiger partial charge in [-0.05, 0) is 17.7 Å². The summed E-state index contributed by atoms with van der Waals surface area (Å²) in [4.78, 5) is 34.2. The quantitative estimate of drug-likeness (QED) is 0.470. The zero-order chi connectivity index (χ0) is 12.6. The van der Waals surface area contributed by atoms with Gasteiger partial charge in [0.25, 0.3) is 11.8 Å². The van der Waals surface area contributed by atoms with Crippen LogP contribution in [0.5, 0.6) is 0 Å². The molecule has 1 saturated heterocycles. The Balaban J connectivity index is 2.56. The number of primary amides is 1. The van der Waals surface area contributed by atoms with Gasteiger partial charge in [-0.15, -0.1) is 0 Å². The van der Waals surface area contributed by atoms with Gasteiger partial charge in [-0.1, -0.05) is 12.1 Å². The Morgan fingerprint density at radius 2 is 1.82 bits per heavy atom. The molecule has 0 bridgehead atoms. The first-order valence-electron chi connectivity index (χ1n) is 4.66. The number of halogens is 1. The molecule has 0 aromatic heterocycles. The third-order valence-corrected chi connectivity index (χ3v) is 2.52. The number of carbonyl (C=O) groups is 3. The minimum atomic E-state index is -1.97. The minimum absolute atomic E-state index is 0.106. The van der Waals surface area contributed by atoms with E-state index in [2.05, 4.69) is 5.32 Å². The van der Waals surface area contributed by atoms with Crippen molar-refractivity contribution in [1.29, 1.82) is 0 Å². The van der Waals surface area contributed by atoms with Gasteiger partial charge in [-0.25, -0.2) is 9.18 Å². The molecule has 1 aromatic rings. The van der Waals surface area contributed by atoms with E-state index >= 15 is 0 Å². The van der Waals surface area contributed by atoms with Crippen LogP contribution in [0.15, 0.2) is 24.3 Å². The molecule has 0 spiro atoms. The van der Waals surface area contributed by atoms with Crippen molar-refractivity contribution in [2.24, 2.45) is 5.73 Å². The number of urea groups is 1. The summed E-state index contributed by atoms with van der Waals surface area (Å²) in [5.74, 6) is -2.44.